The molecule has 3 aromatic rings. The van der Waals surface area contributed by atoms with Crippen molar-refractivity contribution in [2.75, 3.05) is 10.0 Å². The number of hydrogen-bond donors (Lipinski definition) is 2. The summed E-state index contributed by atoms with van der Waals surface area (Å²) in [7, 11) is -3.69. The summed E-state index contributed by atoms with van der Waals surface area (Å²) in [5, 5.41) is 3.55. The zero-order valence-corrected chi connectivity index (χ0v) is 16.9. The smallest absolute Gasteiger partial charge is 0.261 e. The summed E-state index contributed by atoms with van der Waals surface area (Å²) in [6, 6.07) is 20.7. The van der Waals surface area contributed by atoms with E-state index in [0.717, 1.165) is 23.2 Å². The van der Waals surface area contributed by atoms with E-state index in [0.29, 0.717) is 5.69 Å². The van der Waals surface area contributed by atoms with Crippen molar-refractivity contribution in [1.82, 2.24) is 0 Å². The second-order valence-corrected chi connectivity index (χ2v) is 9.43. The van der Waals surface area contributed by atoms with E-state index in [4.69, 9.17) is 0 Å². The van der Waals surface area contributed by atoms with E-state index in [-0.39, 0.29) is 28.6 Å². The number of anilines is 2. The summed E-state index contributed by atoms with van der Waals surface area (Å²) >= 11 is 0. The van der Waals surface area contributed by atoms with Gasteiger partial charge in [0.2, 0.25) is 0 Å². The van der Waals surface area contributed by atoms with Crippen molar-refractivity contribution in [3.8, 4) is 0 Å². The molecule has 3 atom stereocenters. The summed E-state index contributed by atoms with van der Waals surface area (Å²) in [4.78, 5) is 0.242. The maximum Gasteiger partial charge on any atom is 0.261 e. The number of nitrogens with one attached hydrogen (secondary N) is 2. The van der Waals surface area contributed by atoms with Gasteiger partial charge in [0.15, 0.2) is 0 Å². The molecule has 0 aromatic heterocycles. The van der Waals surface area contributed by atoms with Gasteiger partial charge in [-0.1, -0.05) is 42.5 Å². The molecule has 0 saturated heterocycles. The van der Waals surface area contributed by atoms with Crippen LogP contribution in [-0.2, 0) is 10.0 Å². The number of para-hydroxylation sites is 1. The molecule has 1 aliphatic carbocycles. The van der Waals surface area contributed by atoms with Crippen LogP contribution in [0.25, 0.3) is 0 Å². The maximum atomic E-state index is 13.4. The number of rotatable bonds is 4. The first-order valence-electron chi connectivity index (χ1n) is 9.92. The Morgan fingerprint density at radius 2 is 1.73 bits per heavy atom. The van der Waals surface area contributed by atoms with Gasteiger partial charge in [-0.2, -0.15) is 0 Å². The van der Waals surface area contributed by atoms with E-state index in [1.165, 1.54) is 12.1 Å². The van der Waals surface area contributed by atoms with E-state index in [1.807, 2.05) is 24.3 Å². The van der Waals surface area contributed by atoms with Crippen LogP contribution in [0.4, 0.5) is 15.8 Å². The highest BCUT2D eigenvalue weighted by Gasteiger charge is 2.38. The Morgan fingerprint density at radius 3 is 2.50 bits per heavy atom. The van der Waals surface area contributed by atoms with E-state index in [2.05, 4.69) is 22.2 Å². The first-order chi connectivity index (χ1) is 14.5. The van der Waals surface area contributed by atoms with E-state index >= 15 is 0 Å². The normalized spacial score (nSPS) is 22.1. The zero-order valence-electron chi connectivity index (χ0n) is 16.1. The lowest BCUT2D eigenvalue weighted by molar-refractivity contribution is 0.424. The number of benzene rings is 3. The monoisotopic (exact) mass is 420 g/mol. The van der Waals surface area contributed by atoms with Crippen molar-refractivity contribution in [3.63, 3.8) is 0 Å². The molecule has 4 nitrogen and oxygen atoms in total. The quantitative estimate of drug-likeness (QED) is 0.552. The van der Waals surface area contributed by atoms with Crippen LogP contribution in [0, 0.1) is 11.7 Å². The Morgan fingerprint density at radius 1 is 0.967 bits per heavy atom. The summed E-state index contributed by atoms with van der Waals surface area (Å²) in [5.41, 5.74) is 3.45. The predicted molar refractivity (Wildman–Crippen MR) is 116 cm³/mol. The fourth-order valence-electron chi connectivity index (χ4n) is 4.46. The van der Waals surface area contributed by atoms with Crippen molar-refractivity contribution >= 4 is 21.4 Å². The first kappa shape index (κ1) is 18.9. The molecule has 1 heterocycles. The van der Waals surface area contributed by atoms with Crippen LogP contribution in [0.15, 0.2) is 89.8 Å². The van der Waals surface area contributed by atoms with Crippen LogP contribution in [0.2, 0.25) is 0 Å². The molecule has 2 N–H and O–H groups in total. The first-order valence-corrected chi connectivity index (χ1v) is 11.4. The molecule has 0 radical (unpaired) electrons. The summed E-state index contributed by atoms with van der Waals surface area (Å²) in [6.45, 7) is 0. The Balaban J connectivity index is 1.50. The Kier molecular flexibility index (Phi) is 4.59. The molecule has 30 heavy (non-hydrogen) atoms. The number of fused-ring (bicyclic) bond motifs is 3. The lowest BCUT2D eigenvalue weighted by atomic mass is 9.77. The summed E-state index contributed by atoms with van der Waals surface area (Å²) < 4.78 is 41.8. The third kappa shape index (κ3) is 3.37. The lowest BCUT2D eigenvalue weighted by Crippen LogP contribution is -2.29. The van der Waals surface area contributed by atoms with Crippen LogP contribution in [0.3, 0.4) is 0 Å². The number of sulfonamides is 1. The predicted octanol–water partition coefficient (Wildman–Crippen LogP) is 5.45. The molecule has 0 saturated carbocycles. The van der Waals surface area contributed by atoms with Crippen LogP contribution >= 0.6 is 0 Å². The average molecular weight is 421 g/mol. The van der Waals surface area contributed by atoms with Gasteiger partial charge in [-0.15, -0.1) is 0 Å². The molecular weight excluding hydrogens is 399 g/mol. The molecule has 152 valence electrons. The minimum Gasteiger partial charge on any atom is -0.378 e. The Hall–Kier alpha value is -3.12. The fraction of sp³-hybridized carbons (Fsp3) is 0.167. The lowest BCUT2D eigenvalue weighted by Gasteiger charge is -2.37. The van der Waals surface area contributed by atoms with Crippen molar-refractivity contribution in [2.45, 2.75) is 23.3 Å². The van der Waals surface area contributed by atoms with Gasteiger partial charge < -0.3 is 5.32 Å². The van der Waals surface area contributed by atoms with Crippen LogP contribution in [-0.4, -0.2) is 8.42 Å². The maximum absolute atomic E-state index is 13.4. The third-order valence-corrected chi connectivity index (χ3v) is 7.28. The molecule has 0 spiro atoms. The average Bonchev–Trinajstić information content (AvgIpc) is 3.24. The molecule has 1 aliphatic heterocycles. The highest BCUT2D eigenvalue weighted by molar-refractivity contribution is 7.92. The molecule has 6 heteroatoms. The number of halogens is 1. The molecular formula is C24H21FN2O2S. The second kappa shape index (κ2) is 7.29. The van der Waals surface area contributed by atoms with Gasteiger partial charge in [0.05, 0.1) is 10.9 Å². The van der Waals surface area contributed by atoms with Crippen molar-refractivity contribution in [2.24, 2.45) is 5.92 Å². The number of hydrogen-bond acceptors (Lipinski definition) is 3. The molecule has 0 fully saturated rings. The van der Waals surface area contributed by atoms with Gasteiger partial charge in [0.25, 0.3) is 10.0 Å². The largest absolute Gasteiger partial charge is 0.378 e. The van der Waals surface area contributed by atoms with Gasteiger partial charge in [0.1, 0.15) is 5.82 Å². The minimum absolute atomic E-state index is 0.0444. The van der Waals surface area contributed by atoms with Gasteiger partial charge >= 0.3 is 0 Å². The number of allylic oxidation sites excluding steroid dienone is 2. The standard InChI is InChI=1S/C24H21FN2O2S/c25-17-11-9-16(10-12-17)24-21-8-4-7-20(21)22-15-19(13-14-23(22)26-24)30(28,29)27-18-5-2-1-3-6-18/h1-7,9-15,20-21,24,26-27H,8H2/t20-,21+,24+/m0/s1. The van der Waals surface area contributed by atoms with Crippen molar-refractivity contribution in [3.05, 3.63) is 102 Å². The second-order valence-electron chi connectivity index (χ2n) is 7.75. The van der Waals surface area contributed by atoms with Gasteiger partial charge in [-0.3, -0.25) is 4.72 Å². The van der Waals surface area contributed by atoms with Crippen molar-refractivity contribution in [1.29, 1.82) is 0 Å². The Bertz CT molecular complexity index is 1210. The molecule has 0 unspecified atom stereocenters. The van der Waals surface area contributed by atoms with Crippen LogP contribution in [0.1, 0.15) is 29.5 Å². The third-order valence-electron chi connectivity index (χ3n) is 5.90. The molecule has 0 bridgehead atoms. The molecule has 0 amide bonds. The SMILES string of the molecule is O=S(=O)(Nc1ccccc1)c1ccc2c(c1)[C@H]1C=CC[C@H]1[C@@H](c1ccc(F)cc1)N2. The highest BCUT2D eigenvalue weighted by atomic mass is 32.2. The van der Waals surface area contributed by atoms with E-state index in [1.54, 1.807) is 36.4 Å². The van der Waals surface area contributed by atoms with Gasteiger partial charge in [-0.25, -0.2) is 12.8 Å². The van der Waals surface area contributed by atoms with Gasteiger partial charge in [-0.05, 0) is 65.9 Å². The van der Waals surface area contributed by atoms with Crippen molar-refractivity contribution < 1.29 is 12.8 Å². The molecule has 3 aromatic carbocycles. The van der Waals surface area contributed by atoms with Crippen LogP contribution in [0.5, 0.6) is 0 Å². The summed E-state index contributed by atoms with van der Waals surface area (Å²) in [5.74, 6) is 0.114. The molecule has 2 aliphatic rings. The highest BCUT2D eigenvalue weighted by Crippen LogP contribution is 2.50. The van der Waals surface area contributed by atoms with E-state index < -0.39 is 10.0 Å². The zero-order chi connectivity index (χ0) is 20.7. The van der Waals surface area contributed by atoms with E-state index in [9.17, 15) is 12.8 Å². The fourth-order valence-corrected chi connectivity index (χ4v) is 5.55. The minimum atomic E-state index is -3.69. The van der Waals surface area contributed by atoms with Gasteiger partial charge in [0, 0.05) is 17.3 Å². The molecule has 5 rings (SSSR count). The van der Waals surface area contributed by atoms with Crippen LogP contribution < -0.4 is 10.0 Å². The summed E-state index contributed by atoms with van der Waals surface area (Å²) in [6.07, 6.45) is 5.19. The topological polar surface area (TPSA) is 58.2 Å². The Labute approximate surface area is 175 Å².